The van der Waals surface area contributed by atoms with Crippen LogP contribution in [0.15, 0.2) is 63.9 Å². The molecule has 39 heavy (non-hydrogen) atoms. The Balaban J connectivity index is 1.64. The van der Waals surface area contributed by atoms with Crippen LogP contribution in [-0.2, 0) is 16.0 Å². The average molecular weight is 612 g/mol. The Morgan fingerprint density at radius 1 is 1.13 bits per heavy atom. The fourth-order valence-electron chi connectivity index (χ4n) is 4.97. The van der Waals surface area contributed by atoms with Gasteiger partial charge in [-0.25, -0.2) is 4.98 Å². The van der Waals surface area contributed by atoms with E-state index in [0.717, 1.165) is 10.0 Å². The molecule has 204 valence electrons. The normalized spacial score (nSPS) is 14.8. The molecule has 3 heterocycles. The molecule has 0 spiro atoms. The van der Waals surface area contributed by atoms with Gasteiger partial charge in [0.25, 0.3) is 11.5 Å². The third-order valence-corrected chi connectivity index (χ3v) is 8.22. The van der Waals surface area contributed by atoms with Crippen LogP contribution in [0.4, 0.5) is 0 Å². The van der Waals surface area contributed by atoms with E-state index < -0.39 is 6.04 Å². The van der Waals surface area contributed by atoms with E-state index in [1.807, 2.05) is 54.3 Å². The molecule has 1 fully saturated rings. The van der Waals surface area contributed by atoms with Gasteiger partial charge >= 0.3 is 0 Å². The minimum Gasteiger partial charge on any atom is -0.350 e. The molecule has 0 bridgehead atoms. The second-order valence-corrected chi connectivity index (χ2v) is 11.6. The summed E-state index contributed by atoms with van der Waals surface area (Å²) in [6.45, 7) is 7.73. The van der Waals surface area contributed by atoms with Gasteiger partial charge in [0.2, 0.25) is 0 Å². The topological polar surface area (TPSA) is 86.6 Å². The molecule has 1 aliphatic rings. The third kappa shape index (κ3) is 5.99. The monoisotopic (exact) mass is 610 g/mol. The molecule has 0 radical (unpaired) electrons. The molecule has 2 aromatic carbocycles. The van der Waals surface area contributed by atoms with Crippen LogP contribution >= 0.6 is 27.5 Å². The van der Waals surface area contributed by atoms with Crippen molar-refractivity contribution in [2.45, 2.75) is 46.1 Å². The van der Waals surface area contributed by atoms with Crippen molar-refractivity contribution in [1.29, 1.82) is 0 Å². The van der Waals surface area contributed by atoms with Gasteiger partial charge in [0.05, 0.1) is 36.9 Å². The van der Waals surface area contributed by atoms with Gasteiger partial charge in [-0.05, 0) is 54.2 Å². The van der Waals surface area contributed by atoms with Crippen LogP contribution in [0, 0.1) is 12.8 Å². The van der Waals surface area contributed by atoms with Gasteiger partial charge in [-0.2, -0.15) is 4.37 Å². The maximum Gasteiger partial charge on any atom is 0.264 e. The Bertz CT molecular complexity index is 1500. The van der Waals surface area contributed by atoms with E-state index in [9.17, 15) is 9.59 Å². The lowest BCUT2D eigenvalue weighted by Gasteiger charge is -2.36. The highest BCUT2D eigenvalue weighted by Gasteiger charge is 2.34. The molecular formula is C29H31BrN4O4S. The van der Waals surface area contributed by atoms with Crippen molar-refractivity contribution in [3.63, 3.8) is 0 Å². The smallest absolute Gasteiger partial charge is 0.264 e. The Morgan fingerprint density at radius 2 is 1.82 bits per heavy atom. The summed E-state index contributed by atoms with van der Waals surface area (Å²) >= 11 is 4.67. The van der Waals surface area contributed by atoms with Crippen LogP contribution in [0.2, 0.25) is 0 Å². The van der Waals surface area contributed by atoms with Gasteiger partial charge in [-0.3, -0.25) is 14.2 Å². The lowest BCUT2D eigenvalue weighted by molar-refractivity contribution is -0.0528. The van der Waals surface area contributed by atoms with Crippen molar-refractivity contribution < 1.29 is 14.3 Å². The van der Waals surface area contributed by atoms with Crippen molar-refractivity contribution >= 4 is 43.6 Å². The van der Waals surface area contributed by atoms with Gasteiger partial charge in [0, 0.05) is 23.0 Å². The summed E-state index contributed by atoms with van der Waals surface area (Å²) in [5.74, 6) is 0.365. The van der Waals surface area contributed by atoms with Crippen molar-refractivity contribution in [3.05, 3.63) is 92.1 Å². The van der Waals surface area contributed by atoms with E-state index in [1.165, 1.54) is 11.5 Å². The van der Waals surface area contributed by atoms with E-state index in [2.05, 4.69) is 34.2 Å². The first-order valence-electron chi connectivity index (χ1n) is 13.0. The summed E-state index contributed by atoms with van der Waals surface area (Å²) in [6, 6.07) is 16.7. The van der Waals surface area contributed by atoms with Gasteiger partial charge < -0.3 is 14.4 Å². The number of benzene rings is 2. The minimum atomic E-state index is -0.481. The molecule has 1 amide bonds. The second-order valence-electron chi connectivity index (χ2n) is 9.95. The number of halogens is 1. The van der Waals surface area contributed by atoms with E-state index in [4.69, 9.17) is 14.5 Å². The van der Waals surface area contributed by atoms with Gasteiger partial charge in [0.15, 0.2) is 11.1 Å². The van der Waals surface area contributed by atoms with Crippen molar-refractivity contribution in [2.75, 3.05) is 19.8 Å². The Hall–Kier alpha value is -2.92. The van der Waals surface area contributed by atoms with E-state index >= 15 is 0 Å². The van der Waals surface area contributed by atoms with Crippen LogP contribution in [0.25, 0.3) is 10.2 Å². The largest absolute Gasteiger partial charge is 0.350 e. The highest BCUT2D eigenvalue weighted by atomic mass is 79.9. The van der Waals surface area contributed by atoms with Gasteiger partial charge in [-0.1, -0.05) is 60.1 Å². The number of ether oxygens (including phenoxy) is 2. The van der Waals surface area contributed by atoms with E-state index in [1.54, 1.807) is 16.7 Å². The van der Waals surface area contributed by atoms with Crippen LogP contribution < -0.4 is 5.56 Å². The first-order valence-corrected chi connectivity index (χ1v) is 14.6. The van der Waals surface area contributed by atoms with Crippen LogP contribution in [-0.4, -0.2) is 50.8 Å². The molecule has 1 atom stereocenters. The first kappa shape index (κ1) is 27.6. The third-order valence-electron chi connectivity index (χ3n) is 6.86. The maximum absolute atomic E-state index is 14.1. The number of aryl methyl sites for hydroxylation is 1. The van der Waals surface area contributed by atoms with Crippen molar-refractivity contribution in [2.24, 2.45) is 5.92 Å². The van der Waals surface area contributed by atoms with Crippen molar-refractivity contribution in [3.8, 4) is 0 Å². The Morgan fingerprint density at radius 3 is 2.49 bits per heavy atom. The van der Waals surface area contributed by atoms with Gasteiger partial charge in [-0.15, -0.1) is 0 Å². The zero-order valence-electron chi connectivity index (χ0n) is 22.2. The Labute approximate surface area is 239 Å². The zero-order chi connectivity index (χ0) is 27.5. The molecule has 8 nitrogen and oxygen atoms in total. The number of carbonyl (C=O) groups is 1. The quantitative estimate of drug-likeness (QED) is 0.246. The predicted molar refractivity (Wildman–Crippen MR) is 155 cm³/mol. The van der Waals surface area contributed by atoms with Crippen LogP contribution in [0.5, 0.6) is 0 Å². The minimum absolute atomic E-state index is 0.0461. The molecule has 2 aromatic heterocycles. The van der Waals surface area contributed by atoms with E-state index in [0.29, 0.717) is 60.0 Å². The molecule has 5 rings (SSSR count). The predicted octanol–water partition coefficient (Wildman–Crippen LogP) is 5.57. The second kappa shape index (κ2) is 12.1. The molecule has 0 saturated carbocycles. The number of nitrogens with zero attached hydrogens (tertiary/aromatic N) is 4. The summed E-state index contributed by atoms with van der Waals surface area (Å²) in [7, 11) is 0. The number of hydrogen-bond acceptors (Lipinski definition) is 7. The fraction of sp³-hybridized carbons (Fsp3) is 0.379. The number of fused-ring (bicyclic) bond motifs is 1. The average Bonchev–Trinajstić information content (AvgIpc) is 3.58. The molecule has 10 heteroatoms. The zero-order valence-corrected chi connectivity index (χ0v) is 24.6. The van der Waals surface area contributed by atoms with Crippen molar-refractivity contribution in [1.82, 2.24) is 18.8 Å². The first-order chi connectivity index (χ1) is 18.8. The maximum atomic E-state index is 14.1. The number of aromatic nitrogens is 3. The summed E-state index contributed by atoms with van der Waals surface area (Å²) in [6.07, 6.45) is 0.139. The SMILES string of the molecule is Cc1nsc2nc(C(C(C)C)N(CCC3OCCO3)C(=O)c3ccc(Br)cc3)n(Cc3ccccc3)c(=O)c12. The van der Waals surface area contributed by atoms with E-state index in [-0.39, 0.29) is 23.7 Å². The summed E-state index contributed by atoms with van der Waals surface area (Å²) in [5.41, 5.74) is 2.06. The number of amides is 1. The molecule has 0 aliphatic carbocycles. The Kier molecular flexibility index (Phi) is 8.56. The number of hydrogen-bond donors (Lipinski definition) is 0. The standard InChI is InChI=1S/C29H31BrN4O4S/c1-18(2)25(33(14-13-23-37-15-16-38-23)28(35)21-9-11-22(30)12-10-21)26-31-27-24(19(3)32-39-27)29(36)34(26)17-20-7-5-4-6-8-20/h4-12,18,23,25H,13-17H2,1-3H3. The highest BCUT2D eigenvalue weighted by Crippen LogP contribution is 2.32. The molecule has 0 N–H and O–H groups in total. The number of rotatable bonds is 9. The van der Waals surface area contributed by atoms with Gasteiger partial charge in [0.1, 0.15) is 5.82 Å². The highest BCUT2D eigenvalue weighted by molar-refractivity contribution is 9.10. The van der Waals surface area contributed by atoms with Crippen LogP contribution in [0.3, 0.4) is 0 Å². The summed E-state index contributed by atoms with van der Waals surface area (Å²) < 4.78 is 18.4. The molecule has 4 aromatic rings. The molecular weight excluding hydrogens is 580 g/mol. The molecule has 1 aliphatic heterocycles. The van der Waals surface area contributed by atoms with Crippen LogP contribution in [0.1, 0.15) is 53.7 Å². The fourth-order valence-corrected chi connectivity index (χ4v) is 6.01. The summed E-state index contributed by atoms with van der Waals surface area (Å²) in [5, 5.41) is 0.528. The lowest BCUT2D eigenvalue weighted by atomic mass is 9.99. The summed E-state index contributed by atoms with van der Waals surface area (Å²) in [4.78, 5) is 35.5. The number of carbonyl (C=O) groups excluding carboxylic acids is 1. The lowest BCUT2D eigenvalue weighted by Crippen LogP contribution is -2.42. The molecule has 1 unspecified atom stereocenters. The molecule has 1 saturated heterocycles.